The highest BCUT2D eigenvalue weighted by Crippen LogP contribution is 2.43. The molecule has 3 rings (SSSR count). The number of aldehydes is 1. The van der Waals surface area contributed by atoms with Gasteiger partial charge in [0.05, 0.1) is 18.8 Å². The Morgan fingerprint density at radius 3 is 2.63 bits per heavy atom. The van der Waals surface area contributed by atoms with E-state index in [1.165, 1.54) is 11.1 Å². The van der Waals surface area contributed by atoms with E-state index in [1.807, 2.05) is 4.90 Å². The van der Waals surface area contributed by atoms with Gasteiger partial charge in [0.25, 0.3) is 0 Å². The predicted molar refractivity (Wildman–Crippen MR) is 108 cm³/mol. The molecule has 0 radical (unpaired) electrons. The number of rotatable bonds is 6. The van der Waals surface area contributed by atoms with Gasteiger partial charge in [0, 0.05) is 18.5 Å². The van der Waals surface area contributed by atoms with Crippen molar-refractivity contribution in [2.24, 2.45) is 0 Å². The van der Waals surface area contributed by atoms with Crippen LogP contribution in [-0.4, -0.2) is 49.4 Å². The molecule has 1 saturated heterocycles. The van der Waals surface area contributed by atoms with Crippen molar-refractivity contribution in [3.8, 4) is 5.75 Å². The minimum absolute atomic E-state index is 0.0970. The molecule has 2 aliphatic heterocycles. The molecule has 1 fully saturated rings. The van der Waals surface area contributed by atoms with Gasteiger partial charge in [-0.1, -0.05) is 13.0 Å². The average molecular weight is 373 g/mol. The Bertz CT molecular complexity index is 680. The fourth-order valence-electron chi connectivity index (χ4n) is 4.53. The highest BCUT2D eigenvalue weighted by molar-refractivity contribution is 5.94. The smallest absolute Gasteiger partial charge is 0.224 e. The molecule has 5 nitrogen and oxygen atoms in total. The van der Waals surface area contributed by atoms with Crippen LogP contribution in [0.5, 0.6) is 5.75 Å². The van der Waals surface area contributed by atoms with Crippen LogP contribution in [0.1, 0.15) is 63.5 Å². The lowest BCUT2D eigenvalue weighted by Gasteiger charge is -2.37. The second kappa shape index (κ2) is 8.87. The molecule has 1 aromatic carbocycles. The summed E-state index contributed by atoms with van der Waals surface area (Å²) >= 11 is 0. The van der Waals surface area contributed by atoms with E-state index in [2.05, 4.69) is 30.9 Å². The molecule has 0 aliphatic carbocycles. The Labute approximate surface area is 162 Å². The molecule has 148 valence electrons. The number of anilines is 1. The van der Waals surface area contributed by atoms with Crippen LogP contribution < -0.4 is 9.64 Å². The van der Waals surface area contributed by atoms with Crippen LogP contribution in [0.25, 0.3) is 0 Å². The van der Waals surface area contributed by atoms with Gasteiger partial charge in [0.2, 0.25) is 5.91 Å². The summed E-state index contributed by atoms with van der Waals surface area (Å²) < 4.78 is 6.27. The molecule has 0 bridgehead atoms. The van der Waals surface area contributed by atoms with E-state index >= 15 is 0 Å². The second-order valence-electron chi connectivity index (χ2n) is 7.85. The molecule has 0 saturated carbocycles. The number of ether oxygens (including phenoxy) is 1. The third-order valence-corrected chi connectivity index (χ3v) is 5.93. The summed E-state index contributed by atoms with van der Waals surface area (Å²) in [4.78, 5) is 27.1. The van der Waals surface area contributed by atoms with Gasteiger partial charge < -0.3 is 14.4 Å². The summed E-state index contributed by atoms with van der Waals surface area (Å²) in [5, 5.41) is 0. The van der Waals surface area contributed by atoms with Gasteiger partial charge in [-0.3, -0.25) is 9.69 Å². The minimum atomic E-state index is 0.0970. The zero-order valence-electron chi connectivity index (χ0n) is 16.9. The monoisotopic (exact) mass is 372 g/mol. The van der Waals surface area contributed by atoms with Crippen molar-refractivity contribution >= 4 is 17.9 Å². The predicted octanol–water partition coefficient (Wildman–Crippen LogP) is 3.54. The molecule has 27 heavy (non-hydrogen) atoms. The number of nitrogens with zero attached hydrogens (tertiary/aromatic N) is 2. The number of piperidine rings is 1. The third-order valence-electron chi connectivity index (χ3n) is 5.93. The van der Waals surface area contributed by atoms with Crippen LogP contribution >= 0.6 is 0 Å². The summed E-state index contributed by atoms with van der Waals surface area (Å²) in [6.45, 7) is 9.01. The van der Waals surface area contributed by atoms with Gasteiger partial charge in [-0.15, -0.1) is 0 Å². The first kappa shape index (κ1) is 19.9. The number of benzene rings is 1. The van der Waals surface area contributed by atoms with E-state index in [4.69, 9.17) is 4.74 Å². The first-order valence-electron chi connectivity index (χ1n) is 10.3. The van der Waals surface area contributed by atoms with Crippen LogP contribution in [-0.2, 0) is 16.0 Å². The number of fused-ring (bicyclic) bond motifs is 1. The highest BCUT2D eigenvalue weighted by atomic mass is 16.5. The topological polar surface area (TPSA) is 49.9 Å². The molecular weight excluding hydrogens is 340 g/mol. The summed E-state index contributed by atoms with van der Waals surface area (Å²) in [5.41, 5.74) is 3.50. The Hall–Kier alpha value is -1.88. The molecule has 5 heteroatoms. The lowest BCUT2D eigenvalue weighted by molar-refractivity contribution is -0.117. The number of likely N-dealkylation sites (tertiary alicyclic amines) is 1. The molecule has 0 unspecified atom stereocenters. The molecule has 0 spiro atoms. The van der Waals surface area contributed by atoms with Gasteiger partial charge in [-0.2, -0.15) is 0 Å². The molecular formula is C22H32N2O3. The van der Waals surface area contributed by atoms with E-state index < -0.39 is 0 Å². The molecule has 1 atom stereocenters. The fraction of sp³-hybridized carbons (Fsp3) is 0.636. The third kappa shape index (κ3) is 4.18. The van der Waals surface area contributed by atoms with Gasteiger partial charge in [-0.05, 0) is 69.7 Å². The first-order valence-corrected chi connectivity index (χ1v) is 10.3. The number of carbonyl (C=O) groups is 2. The average Bonchev–Trinajstić information content (AvgIpc) is 2.66. The minimum Gasteiger partial charge on any atom is -0.493 e. The van der Waals surface area contributed by atoms with Gasteiger partial charge in [0.15, 0.2) is 0 Å². The SMILES string of the molecule is CCCOc1c(C2CCN(CC=O)CC2)ccc2c1CC[C@H](C)N2C(C)=O. The standard InChI is InChI=1S/C22H32N2O3/c1-4-15-27-22-19(18-9-11-23(12-10-18)13-14-25)7-8-21-20(22)6-5-16(2)24(21)17(3)26/h7-8,14,16,18H,4-6,9-13,15H2,1-3H3/t16-/m0/s1. The molecule has 1 aromatic rings. The van der Waals surface area contributed by atoms with Crippen LogP contribution in [0, 0.1) is 0 Å². The van der Waals surface area contributed by atoms with Crippen molar-refractivity contribution in [3.63, 3.8) is 0 Å². The Morgan fingerprint density at radius 1 is 1.26 bits per heavy atom. The summed E-state index contributed by atoms with van der Waals surface area (Å²) in [5.74, 6) is 1.57. The number of hydrogen-bond acceptors (Lipinski definition) is 4. The van der Waals surface area contributed by atoms with Crippen LogP contribution in [0.4, 0.5) is 5.69 Å². The van der Waals surface area contributed by atoms with E-state index in [0.29, 0.717) is 19.1 Å². The zero-order valence-corrected chi connectivity index (χ0v) is 16.9. The molecule has 0 N–H and O–H groups in total. The maximum absolute atomic E-state index is 12.2. The number of hydrogen-bond donors (Lipinski definition) is 0. The molecule has 1 amide bonds. The Morgan fingerprint density at radius 2 is 2.00 bits per heavy atom. The van der Waals surface area contributed by atoms with Crippen molar-refractivity contribution in [1.82, 2.24) is 4.90 Å². The van der Waals surface area contributed by atoms with Crippen molar-refractivity contribution in [2.45, 2.75) is 64.8 Å². The van der Waals surface area contributed by atoms with E-state index in [0.717, 1.165) is 62.9 Å². The quantitative estimate of drug-likeness (QED) is 0.717. The maximum atomic E-state index is 12.2. The number of carbonyl (C=O) groups excluding carboxylic acids is 2. The summed E-state index contributed by atoms with van der Waals surface area (Å²) in [6, 6.07) is 4.53. The van der Waals surface area contributed by atoms with Crippen LogP contribution in [0.2, 0.25) is 0 Å². The van der Waals surface area contributed by atoms with Crippen LogP contribution in [0.3, 0.4) is 0 Å². The first-order chi connectivity index (χ1) is 13.1. The lowest BCUT2D eigenvalue weighted by Crippen LogP contribution is -2.41. The zero-order chi connectivity index (χ0) is 19.4. The van der Waals surface area contributed by atoms with E-state index in [1.54, 1.807) is 6.92 Å². The highest BCUT2D eigenvalue weighted by Gasteiger charge is 2.31. The van der Waals surface area contributed by atoms with Gasteiger partial charge in [-0.25, -0.2) is 0 Å². The fourth-order valence-corrected chi connectivity index (χ4v) is 4.53. The maximum Gasteiger partial charge on any atom is 0.224 e. The number of amides is 1. The van der Waals surface area contributed by atoms with Crippen molar-refractivity contribution in [2.75, 3.05) is 31.1 Å². The van der Waals surface area contributed by atoms with Crippen LogP contribution in [0.15, 0.2) is 12.1 Å². The van der Waals surface area contributed by atoms with Crippen molar-refractivity contribution < 1.29 is 14.3 Å². The Balaban J connectivity index is 1.93. The Kier molecular flexibility index (Phi) is 6.53. The largest absolute Gasteiger partial charge is 0.493 e. The van der Waals surface area contributed by atoms with E-state index in [9.17, 15) is 9.59 Å². The summed E-state index contributed by atoms with van der Waals surface area (Å²) in [7, 11) is 0. The lowest BCUT2D eigenvalue weighted by atomic mass is 9.85. The normalized spacial score (nSPS) is 21.0. The molecule has 2 aliphatic rings. The summed E-state index contributed by atoms with van der Waals surface area (Å²) in [6.07, 6.45) is 5.97. The second-order valence-corrected chi connectivity index (χ2v) is 7.85. The van der Waals surface area contributed by atoms with E-state index in [-0.39, 0.29) is 11.9 Å². The van der Waals surface area contributed by atoms with Crippen molar-refractivity contribution in [3.05, 3.63) is 23.3 Å². The van der Waals surface area contributed by atoms with Gasteiger partial charge in [0.1, 0.15) is 12.0 Å². The molecule has 2 heterocycles. The van der Waals surface area contributed by atoms with Gasteiger partial charge >= 0.3 is 0 Å². The molecule has 0 aromatic heterocycles. The van der Waals surface area contributed by atoms with Crippen molar-refractivity contribution in [1.29, 1.82) is 0 Å².